The molecule has 0 saturated carbocycles. The highest BCUT2D eigenvalue weighted by atomic mass is 19.4. The number of halogens is 4. The molecule has 37 heavy (non-hydrogen) atoms. The quantitative estimate of drug-likeness (QED) is 0.460. The molecule has 3 heterocycles. The van der Waals surface area contributed by atoms with E-state index in [1.54, 1.807) is 13.1 Å². The van der Waals surface area contributed by atoms with Gasteiger partial charge in [0.1, 0.15) is 23.2 Å². The fourth-order valence-electron chi connectivity index (χ4n) is 3.92. The molecular formula is C24H23F4N5O4. The van der Waals surface area contributed by atoms with E-state index in [0.717, 1.165) is 12.1 Å². The molecule has 196 valence electrons. The third kappa shape index (κ3) is 6.54. The highest BCUT2D eigenvalue weighted by molar-refractivity contribution is 5.96. The molecule has 1 aliphatic heterocycles. The number of pyridine rings is 1. The van der Waals surface area contributed by atoms with Crippen molar-refractivity contribution in [3.63, 3.8) is 0 Å². The standard InChI is InChI=1S/C24H23F4N5O4/c1-13-30-11-19(32-13)15-9-17(22(29)35)23(31-10-15)36-20-6-7-33(12-18(20)25)21(34)8-14-2-4-16(5-3-14)37-24(26,27)28/h2-5,9-11,18,20H,6-8,12H2,1H3,(H2,29,35)(H,30,32)/t18-,20+/m1/s1. The summed E-state index contributed by atoms with van der Waals surface area (Å²) < 4.78 is 61.4. The number of nitrogens with one attached hydrogen (secondary N) is 1. The lowest BCUT2D eigenvalue weighted by Gasteiger charge is -2.34. The number of imidazole rings is 1. The van der Waals surface area contributed by atoms with Crippen LogP contribution in [-0.4, -0.2) is 63.4 Å². The smallest absolute Gasteiger partial charge is 0.471 e. The van der Waals surface area contributed by atoms with Crippen LogP contribution in [0.5, 0.6) is 11.6 Å². The number of hydrogen-bond acceptors (Lipinski definition) is 6. The number of rotatable bonds is 7. The van der Waals surface area contributed by atoms with Crippen LogP contribution < -0.4 is 15.2 Å². The van der Waals surface area contributed by atoms with Gasteiger partial charge in [-0.25, -0.2) is 14.4 Å². The minimum absolute atomic E-state index is 0.0200. The molecule has 0 aliphatic carbocycles. The Balaban J connectivity index is 1.37. The topological polar surface area (TPSA) is 123 Å². The molecular weight excluding hydrogens is 498 g/mol. The van der Waals surface area contributed by atoms with Crippen molar-refractivity contribution in [2.75, 3.05) is 13.1 Å². The molecule has 9 nitrogen and oxygen atoms in total. The fourth-order valence-corrected chi connectivity index (χ4v) is 3.92. The number of nitrogens with two attached hydrogens (primary N) is 1. The third-order valence-electron chi connectivity index (χ3n) is 5.74. The second kappa shape index (κ2) is 10.4. The first-order chi connectivity index (χ1) is 17.5. The Kier molecular flexibility index (Phi) is 7.32. The molecule has 0 spiro atoms. The zero-order valence-electron chi connectivity index (χ0n) is 19.6. The number of amides is 2. The molecule has 0 bridgehead atoms. The molecule has 3 aromatic rings. The summed E-state index contributed by atoms with van der Waals surface area (Å²) in [6, 6.07) is 6.38. The van der Waals surface area contributed by atoms with Crippen LogP contribution in [0.2, 0.25) is 0 Å². The number of carbonyl (C=O) groups is 2. The Bertz CT molecular complexity index is 1280. The summed E-state index contributed by atoms with van der Waals surface area (Å²) in [7, 11) is 0. The van der Waals surface area contributed by atoms with E-state index in [4.69, 9.17) is 10.5 Å². The molecule has 2 amide bonds. The van der Waals surface area contributed by atoms with Gasteiger partial charge in [-0.2, -0.15) is 0 Å². The molecule has 3 N–H and O–H groups in total. The van der Waals surface area contributed by atoms with Crippen LogP contribution in [0.3, 0.4) is 0 Å². The van der Waals surface area contributed by atoms with Gasteiger partial charge in [0.2, 0.25) is 11.8 Å². The normalized spacial score (nSPS) is 17.9. The van der Waals surface area contributed by atoms with Crippen LogP contribution in [-0.2, 0) is 11.2 Å². The van der Waals surface area contributed by atoms with E-state index >= 15 is 0 Å². The van der Waals surface area contributed by atoms with Crippen molar-refractivity contribution in [2.45, 2.75) is 38.4 Å². The van der Waals surface area contributed by atoms with E-state index in [2.05, 4.69) is 19.7 Å². The van der Waals surface area contributed by atoms with Gasteiger partial charge in [0.15, 0.2) is 6.17 Å². The van der Waals surface area contributed by atoms with Gasteiger partial charge in [-0.1, -0.05) is 12.1 Å². The number of aromatic nitrogens is 3. The Labute approximate surface area is 208 Å². The number of aromatic amines is 1. The molecule has 1 fully saturated rings. The monoisotopic (exact) mass is 521 g/mol. The van der Waals surface area contributed by atoms with Crippen molar-refractivity contribution in [2.24, 2.45) is 5.73 Å². The van der Waals surface area contributed by atoms with Gasteiger partial charge in [0.05, 0.1) is 24.9 Å². The average Bonchev–Trinajstić information content (AvgIpc) is 3.27. The van der Waals surface area contributed by atoms with Crippen LogP contribution in [0, 0.1) is 6.92 Å². The van der Waals surface area contributed by atoms with Crippen molar-refractivity contribution >= 4 is 11.8 Å². The predicted molar refractivity (Wildman–Crippen MR) is 122 cm³/mol. The molecule has 13 heteroatoms. The highest BCUT2D eigenvalue weighted by Crippen LogP contribution is 2.27. The van der Waals surface area contributed by atoms with Crippen LogP contribution in [0.25, 0.3) is 11.3 Å². The lowest BCUT2D eigenvalue weighted by Crippen LogP contribution is -2.49. The molecule has 4 rings (SSSR count). The van der Waals surface area contributed by atoms with Gasteiger partial charge in [0.25, 0.3) is 5.91 Å². The zero-order valence-corrected chi connectivity index (χ0v) is 19.6. The summed E-state index contributed by atoms with van der Waals surface area (Å²) >= 11 is 0. The van der Waals surface area contributed by atoms with Gasteiger partial charge in [-0.05, 0) is 30.7 Å². The Morgan fingerprint density at radius 2 is 1.92 bits per heavy atom. The van der Waals surface area contributed by atoms with E-state index in [-0.39, 0.29) is 43.3 Å². The van der Waals surface area contributed by atoms with E-state index in [0.29, 0.717) is 22.6 Å². The number of piperidine rings is 1. The van der Waals surface area contributed by atoms with Gasteiger partial charge >= 0.3 is 6.36 Å². The Morgan fingerprint density at radius 1 is 1.19 bits per heavy atom. The lowest BCUT2D eigenvalue weighted by atomic mass is 10.0. The maximum Gasteiger partial charge on any atom is 0.573 e. The lowest BCUT2D eigenvalue weighted by molar-refractivity contribution is -0.274. The largest absolute Gasteiger partial charge is 0.573 e. The number of carbonyl (C=O) groups excluding carboxylic acids is 2. The number of H-pyrrole nitrogens is 1. The maximum atomic E-state index is 15.0. The number of likely N-dealkylation sites (tertiary alicyclic amines) is 1. The molecule has 2 aromatic heterocycles. The Morgan fingerprint density at radius 3 is 2.51 bits per heavy atom. The average molecular weight is 521 g/mol. The molecule has 2 atom stereocenters. The number of nitrogens with zero attached hydrogens (tertiary/aromatic N) is 3. The van der Waals surface area contributed by atoms with Gasteiger partial charge < -0.3 is 25.1 Å². The summed E-state index contributed by atoms with van der Waals surface area (Å²) in [5.74, 6) is -1.02. The summed E-state index contributed by atoms with van der Waals surface area (Å²) in [4.78, 5) is 37.2. The van der Waals surface area contributed by atoms with Crippen LogP contribution in [0.15, 0.2) is 42.7 Å². The molecule has 1 saturated heterocycles. The van der Waals surface area contributed by atoms with Crippen molar-refractivity contribution < 1.29 is 36.6 Å². The van der Waals surface area contributed by atoms with Gasteiger partial charge in [-0.3, -0.25) is 9.59 Å². The van der Waals surface area contributed by atoms with Crippen LogP contribution in [0.1, 0.15) is 28.2 Å². The minimum atomic E-state index is -4.81. The summed E-state index contributed by atoms with van der Waals surface area (Å²) in [5, 5.41) is 0. The SMILES string of the molecule is Cc1ncc(-c2cnc(O[C@H]3CCN(C(=O)Cc4ccc(OC(F)(F)F)cc4)C[C@H]3F)c(C(N)=O)c2)[nH]1. The first-order valence-corrected chi connectivity index (χ1v) is 11.2. The minimum Gasteiger partial charge on any atom is -0.471 e. The fraction of sp³-hybridized carbons (Fsp3) is 0.333. The summed E-state index contributed by atoms with van der Waals surface area (Å²) in [6.45, 7) is 1.69. The maximum absolute atomic E-state index is 15.0. The van der Waals surface area contributed by atoms with Crippen molar-refractivity contribution in [1.82, 2.24) is 19.9 Å². The first-order valence-electron chi connectivity index (χ1n) is 11.2. The number of primary amides is 1. The van der Waals surface area contributed by atoms with E-state index in [1.807, 2.05) is 0 Å². The van der Waals surface area contributed by atoms with Crippen LogP contribution in [0.4, 0.5) is 17.6 Å². The molecule has 1 aromatic carbocycles. The number of benzene rings is 1. The van der Waals surface area contributed by atoms with Gasteiger partial charge in [0, 0.05) is 24.7 Å². The summed E-state index contributed by atoms with van der Waals surface area (Å²) in [5.41, 5.74) is 7.10. The molecule has 0 radical (unpaired) electrons. The number of aryl methyl sites for hydroxylation is 1. The highest BCUT2D eigenvalue weighted by Gasteiger charge is 2.34. The van der Waals surface area contributed by atoms with Gasteiger partial charge in [-0.15, -0.1) is 13.2 Å². The van der Waals surface area contributed by atoms with E-state index in [1.165, 1.54) is 29.3 Å². The van der Waals surface area contributed by atoms with E-state index in [9.17, 15) is 27.2 Å². The first kappa shape index (κ1) is 25.9. The molecule has 0 unspecified atom stereocenters. The number of alkyl halides is 4. The Hall–Kier alpha value is -4.16. The molecule has 1 aliphatic rings. The van der Waals surface area contributed by atoms with Crippen molar-refractivity contribution in [3.8, 4) is 22.9 Å². The zero-order chi connectivity index (χ0) is 26.7. The number of ether oxygens (including phenoxy) is 2. The second-order valence-corrected chi connectivity index (χ2v) is 8.49. The summed E-state index contributed by atoms with van der Waals surface area (Å²) in [6.07, 6.45) is -4.31. The number of hydrogen-bond donors (Lipinski definition) is 2. The van der Waals surface area contributed by atoms with Crippen LogP contribution >= 0.6 is 0 Å². The predicted octanol–water partition coefficient (Wildman–Crippen LogP) is 3.34. The third-order valence-corrected chi connectivity index (χ3v) is 5.74. The van der Waals surface area contributed by atoms with Crippen molar-refractivity contribution in [1.29, 1.82) is 0 Å². The van der Waals surface area contributed by atoms with E-state index < -0.39 is 30.3 Å². The van der Waals surface area contributed by atoms with Crippen molar-refractivity contribution in [3.05, 3.63) is 59.7 Å². The second-order valence-electron chi connectivity index (χ2n) is 8.49.